The summed E-state index contributed by atoms with van der Waals surface area (Å²) in [5, 5.41) is 2.51. The molecular formula is C29H22N2. The van der Waals surface area contributed by atoms with Crippen LogP contribution in [-0.2, 0) is 5.41 Å². The highest BCUT2D eigenvalue weighted by atomic mass is 14.9. The molecule has 0 saturated heterocycles. The van der Waals surface area contributed by atoms with E-state index in [9.17, 15) is 0 Å². The van der Waals surface area contributed by atoms with E-state index in [4.69, 9.17) is 9.97 Å². The predicted molar refractivity (Wildman–Crippen MR) is 128 cm³/mol. The first-order chi connectivity index (χ1) is 15.1. The van der Waals surface area contributed by atoms with Gasteiger partial charge in [-0.25, -0.2) is 9.97 Å². The summed E-state index contributed by atoms with van der Waals surface area (Å²) in [4.78, 5) is 10.3. The van der Waals surface area contributed by atoms with E-state index in [1.807, 2.05) is 18.2 Å². The van der Waals surface area contributed by atoms with E-state index in [0.29, 0.717) is 0 Å². The van der Waals surface area contributed by atoms with E-state index in [1.165, 1.54) is 21.9 Å². The summed E-state index contributed by atoms with van der Waals surface area (Å²) >= 11 is 0. The van der Waals surface area contributed by atoms with Gasteiger partial charge in [0.25, 0.3) is 0 Å². The number of hydrogen-bond acceptors (Lipinski definition) is 2. The van der Waals surface area contributed by atoms with Gasteiger partial charge < -0.3 is 0 Å². The Hall–Kier alpha value is -3.78. The van der Waals surface area contributed by atoms with Crippen LogP contribution in [0.4, 0.5) is 0 Å². The molecule has 0 aliphatic heterocycles. The van der Waals surface area contributed by atoms with Crippen molar-refractivity contribution in [3.63, 3.8) is 0 Å². The first kappa shape index (κ1) is 18.0. The summed E-state index contributed by atoms with van der Waals surface area (Å²) < 4.78 is 0. The molecule has 148 valence electrons. The fourth-order valence-electron chi connectivity index (χ4n) is 4.78. The van der Waals surface area contributed by atoms with E-state index >= 15 is 0 Å². The van der Waals surface area contributed by atoms with E-state index < -0.39 is 0 Å². The molecule has 0 fully saturated rings. The van der Waals surface area contributed by atoms with Crippen LogP contribution in [0.25, 0.3) is 44.5 Å². The molecule has 0 unspecified atom stereocenters. The Morgan fingerprint density at radius 3 is 1.87 bits per heavy atom. The lowest BCUT2D eigenvalue weighted by atomic mass is 9.84. The molecule has 0 radical (unpaired) electrons. The normalized spacial score (nSPS) is 13.7. The van der Waals surface area contributed by atoms with Crippen molar-refractivity contribution in [3.05, 3.63) is 108 Å². The van der Waals surface area contributed by atoms with Crippen LogP contribution in [0.3, 0.4) is 0 Å². The molecule has 0 bridgehead atoms. The van der Waals surface area contributed by atoms with E-state index in [1.54, 1.807) is 0 Å². The van der Waals surface area contributed by atoms with Gasteiger partial charge in [0.2, 0.25) is 0 Å². The van der Waals surface area contributed by atoms with Gasteiger partial charge in [0.05, 0.1) is 11.4 Å². The molecule has 2 nitrogen and oxygen atoms in total. The van der Waals surface area contributed by atoms with Gasteiger partial charge >= 0.3 is 0 Å². The standard InChI is InChI=1S/C29H22N2/c1-29(2)24-18-22-16-10-9-15-21(22)17-23(24)25-26(19-11-5-3-6-12-19)30-28(31-27(25)29)20-13-7-4-8-14-20/h3-18H,1-2H3. The van der Waals surface area contributed by atoms with Gasteiger partial charge in [-0.2, -0.15) is 0 Å². The maximum Gasteiger partial charge on any atom is 0.160 e. The minimum absolute atomic E-state index is 0.204. The molecule has 5 aromatic rings. The smallest absolute Gasteiger partial charge is 0.160 e. The first-order valence-electron chi connectivity index (χ1n) is 10.7. The van der Waals surface area contributed by atoms with Gasteiger partial charge in [0, 0.05) is 22.1 Å². The van der Waals surface area contributed by atoms with Crippen molar-refractivity contribution in [3.8, 4) is 33.8 Å². The van der Waals surface area contributed by atoms with Crippen LogP contribution in [0.15, 0.2) is 97.1 Å². The van der Waals surface area contributed by atoms with Crippen molar-refractivity contribution in [2.45, 2.75) is 19.3 Å². The van der Waals surface area contributed by atoms with Crippen molar-refractivity contribution in [1.29, 1.82) is 0 Å². The van der Waals surface area contributed by atoms with Gasteiger partial charge in [0.1, 0.15) is 0 Å². The molecule has 4 aromatic carbocycles. The number of aromatic nitrogens is 2. The molecule has 0 saturated carbocycles. The maximum absolute atomic E-state index is 5.16. The van der Waals surface area contributed by atoms with Crippen LogP contribution in [0.2, 0.25) is 0 Å². The molecular weight excluding hydrogens is 376 g/mol. The summed E-state index contributed by atoms with van der Waals surface area (Å²) in [6, 6.07) is 34.0. The van der Waals surface area contributed by atoms with Crippen molar-refractivity contribution in [2.75, 3.05) is 0 Å². The van der Waals surface area contributed by atoms with E-state index in [-0.39, 0.29) is 5.41 Å². The molecule has 0 spiro atoms. The van der Waals surface area contributed by atoms with E-state index in [0.717, 1.165) is 33.9 Å². The molecule has 0 atom stereocenters. The number of fused-ring (bicyclic) bond motifs is 4. The number of benzene rings is 4. The highest BCUT2D eigenvalue weighted by molar-refractivity contribution is 5.97. The lowest BCUT2D eigenvalue weighted by Gasteiger charge is -2.21. The molecule has 0 N–H and O–H groups in total. The van der Waals surface area contributed by atoms with Gasteiger partial charge in [0.15, 0.2) is 5.82 Å². The second-order valence-electron chi connectivity index (χ2n) is 8.72. The SMILES string of the molecule is CC1(C)c2cc3ccccc3cc2-c2c(-c3ccccc3)nc(-c3ccccc3)nc21. The highest BCUT2D eigenvalue weighted by Gasteiger charge is 2.40. The first-order valence-corrected chi connectivity index (χ1v) is 10.7. The van der Waals surface area contributed by atoms with Gasteiger partial charge in [-0.1, -0.05) is 98.8 Å². The van der Waals surface area contributed by atoms with Crippen LogP contribution >= 0.6 is 0 Å². The lowest BCUT2D eigenvalue weighted by molar-refractivity contribution is 0.637. The van der Waals surface area contributed by atoms with Crippen LogP contribution < -0.4 is 0 Å². The lowest BCUT2D eigenvalue weighted by Crippen LogP contribution is -2.17. The van der Waals surface area contributed by atoms with Crippen molar-refractivity contribution >= 4 is 10.8 Å². The summed E-state index contributed by atoms with van der Waals surface area (Å²) in [5.41, 5.74) is 7.79. The second-order valence-corrected chi connectivity index (χ2v) is 8.72. The molecule has 6 rings (SSSR count). The quantitative estimate of drug-likeness (QED) is 0.312. The zero-order chi connectivity index (χ0) is 21.0. The van der Waals surface area contributed by atoms with E-state index in [2.05, 4.69) is 92.7 Å². The Bertz CT molecular complexity index is 1430. The summed E-state index contributed by atoms with van der Waals surface area (Å²) in [5.74, 6) is 0.781. The fourth-order valence-corrected chi connectivity index (χ4v) is 4.78. The molecule has 1 aliphatic rings. The third kappa shape index (κ3) is 2.72. The maximum atomic E-state index is 5.16. The molecule has 1 aliphatic carbocycles. The topological polar surface area (TPSA) is 25.8 Å². The average Bonchev–Trinajstić information content (AvgIpc) is 3.04. The number of hydrogen-bond donors (Lipinski definition) is 0. The third-order valence-corrected chi connectivity index (χ3v) is 6.41. The van der Waals surface area contributed by atoms with Gasteiger partial charge in [-0.05, 0) is 34.0 Å². The van der Waals surface area contributed by atoms with Crippen LogP contribution in [0.5, 0.6) is 0 Å². The van der Waals surface area contributed by atoms with Crippen LogP contribution in [0.1, 0.15) is 25.1 Å². The van der Waals surface area contributed by atoms with Crippen LogP contribution in [0, 0.1) is 0 Å². The molecule has 0 amide bonds. The van der Waals surface area contributed by atoms with Crippen molar-refractivity contribution in [2.24, 2.45) is 0 Å². The van der Waals surface area contributed by atoms with Gasteiger partial charge in [-0.3, -0.25) is 0 Å². The second kappa shape index (κ2) is 6.61. The minimum atomic E-state index is -0.204. The predicted octanol–water partition coefficient (Wildman–Crippen LogP) is 7.27. The highest BCUT2D eigenvalue weighted by Crippen LogP contribution is 2.52. The number of nitrogens with zero attached hydrogens (tertiary/aromatic N) is 2. The number of rotatable bonds is 2. The summed E-state index contributed by atoms with van der Waals surface area (Å²) in [6.07, 6.45) is 0. The third-order valence-electron chi connectivity index (χ3n) is 6.41. The molecule has 1 aromatic heterocycles. The van der Waals surface area contributed by atoms with Crippen molar-refractivity contribution in [1.82, 2.24) is 9.97 Å². The summed E-state index contributed by atoms with van der Waals surface area (Å²) in [6.45, 7) is 4.56. The zero-order valence-corrected chi connectivity index (χ0v) is 17.6. The minimum Gasteiger partial charge on any atom is -0.231 e. The van der Waals surface area contributed by atoms with Crippen LogP contribution in [-0.4, -0.2) is 9.97 Å². The Kier molecular flexibility index (Phi) is 3.85. The largest absolute Gasteiger partial charge is 0.231 e. The van der Waals surface area contributed by atoms with Gasteiger partial charge in [-0.15, -0.1) is 0 Å². The molecule has 31 heavy (non-hydrogen) atoms. The Labute approximate surface area is 182 Å². The monoisotopic (exact) mass is 398 g/mol. The molecule has 1 heterocycles. The Balaban J connectivity index is 1.72. The summed E-state index contributed by atoms with van der Waals surface area (Å²) in [7, 11) is 0. The Morgan fingerprint density at radius 2 is 1.19 bits per heavy atom. The fraction of sp³-hybridized carbons (Fsp3) is 0.103. The zero-order valence-electron chi connectivity index (χ0n) is 17.6. The van der Waals surface area contributed by atoms with Crippen molar-refractivity contribution < 1.29 is 0 Å². The molecule has 2 heteroatoms. The average molecular weight is 399 g/mol. The Morgan fingerprint density at radius 1 is 0.613 bits per heavy atom.